The molecule has 0 bridgehead atoms. The fraction of sp³-hybridized carbons (Fsp3) is 0.640. The van der Waals surface area contributed by atoms with Gasteiger partial charge in [0.05, 0.1) is 27.9 Å². The molecule has 0 radical (unpaired) electrons. The van der Waals surface area contributed by atoms with Gasteiger partial charge < -0.3 is 38.8 Å². The molecule has 3 aliphatic heterocycles. The van der Waals surface area contributed by atoms with Crippen molar-refractivity contribution in [2.75, 3.05) is 39.3 Å². The Morgan fingerprint density at radius 2 is 1.28 bits per heavy atom. The van der Waals surface area contributed by atoms with Gasteiger partial charge in [0.2, 0.25) is 11.8 Å². The Bertz CT molecular complexity index is 2370. The number of hydrogen-bond donors (Lipinski definition) is 2. The van der Waals surface area contributed by atoms with Gasteiger partial charge >= 0.3 is 12.2 Å². The third-order valence-electron chi connectivity index (χ3n) is 15.1. The quantitative estimate of drug-likeness (QED) is 0.0422. The molecule has 2 aromatic rings. The number of carbonyl (C=O) groups excluding carboxylic acids is 6. The largest absolute Gasteiger partial charge is 0.445 e. The maximum atomic E-state index is 14.5. The van der Waals surface area contributed by atoms with Crippen molar-refractivity contribution in [3.8, 4) is 0 Å². The first-order valence-corrected chi connectivity index (χ1v) is 31.8. The number of piperazine rings is 1. The molecular weight excluding hydrogens is 1010 g/mol. The zero-order valence-electron chi connectivity index (χ0n) is 44.8. The zero-order valence-corrected chi connectivity index (χ0v) is 47.6. The molecule has 0 aliphatic carbocycles. The fourth-order valence-corrected chi connectivity index (χ4v) is 12.4. The second-order valence-electron chi connectivity index (χ2n) is 22.5. The summed E-state index contributed by atoms with van der Waals surface area (Å²) >= 11 is 1.04. The van der Waals surface area contributed by atoms with E-state index in [-0.39, 0.29) is 103 Å². The molecule has 0 spiro atoms. The van der Waals surface area contributed by atoms with Crippen molar-refractivity contribution in [2.45, 2.75) is 154 Å². The van der Waals surface area contributed by atoms with Crippen LogP contribution >= 0.6 is 11.8 Å². The number of non-ortho nitro benzene ring substituents is 2. The van der Waals surface area contributed by atoms with Crippen LogP contribution in [0.25, 0.3) is 0 Å². The van der Waals surface area contributed by atoms with Gasteiger partial charge in [-0.1, -0.05) is 60.2 Å². The van der Waals surface area contributed by atoms with E-state index in [1.54, 1.807) is 16.7 Å². The highest BCUT2D eigenvalue weighted by Crippen LogP contribution is 2.41. The lowest BCUT2D eigenvalue weighted by Gasteiger charge is -2.46. The molecule has 5 rings (SSSR count). The Labute approximate surface area is 440 Å². The Morgan fingerprint density at radius 1 is 0.784 bits per heavy atom. The van der Waals surface area contributed by atoms with E-state index in [1.165, 1.54) is 53.4 Å². The number of nitrogens with zero attached hydrogens (tertiary/aromatic N) is 5. The minimum absolute atomic E-state index is 0.0151. The smallest absolute Gasteiger partial charge is 0.410 e. The van der Waals surface area contributed by atoms with E-state index in [1.807, 2.05) is 6.92 Å². The topological polar surface area (TPSA) is 259 Å². The molecule has 0 aromatic heterocycles. The van der Waals surface area contributed by atoms with Crippen LogP contribution in [0.5, 0.6) is 0 Å². The second-order valence-corrected chi connectivity index (χ2v) is 33.3. The first kappa shape index (κ1) is 59.4. The minimum atomic E-state index is -2.49. The number of thioether (sulfide) groups is 1. The molecule has 2 N–H and O–H groups in total. The summed E-state index contributed by atoms with van der Waals surface area (Å²) in [6.07, 6.45) is -1.91. The molecule has 3 saturated heterocycles. The summed E-state index contributed by atoms with van der Waals surface area (Å²) < 4.78 is 24.2. The lowest BCUT2D eigenvalue weighted by molar-refractivity contribution is -0.385. The SMILES string of the molecule is C[C@@H](O[Si](C)(C)C(C)(C)C)[C@H]1C(=O)N[C@@H]1[C@@H](C)C(=O)S[C@H]1C[C@@H](C(=O)N2CCN(C(=O)[C@H](CCCNC(=O)OCc3ccc([N+](=O)[O-])cc3)O[Si](C)(C)C(C)(C)C)CC2)N(C(=O)OCc2ccc([N+](=O)[O-])cc2)C1. The molecule has 3 heterocycles. The van der Waals surface area contributed by atoms with Gasteiger partial charge in [0.1, 0.15) is 25.4 Å². The number of likely N-dealkylation sites (tertiary alicyclic amines) is 1. The van der Waals surface area contributed by atoms with Crippen molar-refractivity contribution >= 4 is 74.8 Å². The number of amides is 5. The summed E-state index contributed by atoms with van der Waals surface area (Å²) in [5.74, 6) is -1.91. The van der Waals surface area contributed by atoms with E-state index in [9.17, 15) is 49.0 Å². The third-order valence-corrected chi connectivity index (χ3v) is 25.5. The van der Waals surface area contributed by atoms with E-state index in [2.05, 4.69) is 78.4 Å². The number of nitrogens with one attached hydrogen (secondary N) is 2. The molecule has 74 heavy (non-hydrogen) atoms. The van der Waals surface area contributed by atoms with Gasteiger partial charge in [0, 0.05) is 74.7 Å². The van der Waals surface area contributed by atoms with Crippen LogP contribution in [-0.4, -0.2) is 145 Å². The third kappa shape index (κ3) is 15.1. The molecular formula is C50H75N7O14SSi2. The highest BCUT2D eigenvalue weighted by Gasteiger charge is 2.52. The highest BCUT2D eigenvalue weighted by atomic mass is 32.2. The van der Waals surface area contributed by atoms with Crippen LogP contribution in [0.1, 0.15) is 85.8 Å². The maximum Gasteiger partial charge on any atom is 0.410 e. The van der Waals surface area contributed by atoms with Crippen LogP contribution in [0.4, 0.5) is 21.0 Å². The average Bonchev–Trinajstić information content (AvgIpc) is 3.75. The van der Waals surface area contributed by atoms with E-state index in [0.29, 0.717) is 24.0 Å². The number of alkyl carbamates (subject to hydrolysis) is 1. The summed E-state index contributed by atoms with van der Waals surface area (Å²) in [5, 5.41) is 26.8. The Morgan fingerprint density at radius 3 is 1.78 bits per heavy atom. The predicted molar refractivity (Wildman–Crippen MR) is 283 cm³/mol. The van der Waals surface area contributed by atoms with Crippen LogP contribution in [-0.2, 0) is 50.7 Å². The van der Waals surface area contributed by atoms with Crippen molar-refractivity contribution in [1.29, 1.82) is 0 Å². The molecule has 7 atom stereocenters. The van der Waals surface area contributed by atoms with Gasteiger partial charge in [-0.05, 0) is 97.8 Å². The van der Waals surface area contributed by atoms with E-state index in [0.717, 1.165) is 11.8 Å². The summed E-state index contributed by atoms with van der Waals surface area (Å²) in [7, 11) is -4.73. The first-order valence-electron chi connectivity index (χ1n) is 25.2. The van der Waals surface area contributed by atoms with Crippen LogP contribution in [0.3, 0.4) is 0 Å². The number of nitro groups is 2. The number of ether oxygens (including phenoxy) is 2. The lowest BCUT2D eigenvalue weighted by atomic mass is 9.79. The molecule has 408 valence electrons. The van der Waals surface area contributed by atoms with Crippen LogP contribution in [0.2, 0.25) is 36.3 Å². The molecule has 0 unspecified atom stereocenters. The molecule has 24 heteroatoms. The molecule has 21 nitrogen and oxygen atoms in total. The number of rotatable bonds is 20. The van der Waals surface area contributed by atoms with Crippen molar-refractivity contribution in [1.82, 2.24) is 25.3 Å². The van der Waals surface area contributed by atoms with Crippen molar-refractivity contribution in [2.24, 2.45) is 11.8 Å². The predicted octanol–water partition coefficient (Wildman–Crippen LogP) is 7.77. The number of nitro benzene ring substituents is 2. The molecule has 3 fully saturated rings. The monoisotopic (exact) mass is 1090 g/mol. The number of carbonyl (C=O) groups is 6. The van der Waals surface area contributed by atoms with Gasteiger partial charge in [-0.2, -0.15) is 0 Å². The standard InChI is InChI=1S/C50H75N7O14SSi2/c1-32(42-41(43(58)52-42)33(2)70-73(9,10)49(3,4)5)46(61)72-38-28-39(55(29-38)48(63)69-31-35-17-21-37(22-18-35)57(66)67)44(59)53-24-26-54(27-25-53)45(60)40(71-74(11,12)50(6,7)8)14-13-23-51-47(62)68-30-34-15-19-36(20-16-34)56(64)65/h15-22,32-33,38-42H,13-14,23-31H2,1-12H3,(H,51,62)(H,52,58)/t32-,33-,38+,39+,40+,41-,42-/m1/s1. The van der Waals surface area contributed by atoms with Gasteiger partial charge in [0.25, 0.3) is 17.3 Å². The first-order chi connectivity index (χ1) is 34.4. The summed E-state index contributed by atoms with van der Waals surface area (Å²) in [4.78, 5) is 108. The van der Waals surface area contributed by atoms with Gasteiger partial charge in [-0.15, -0.1) is 0 Å². The van der Waals surface area contributed by atoms with Gasteiger partial charge in [-0.3, -0.25) is 44.3 Å². The number of β-lactam (4-membered cyclic amide) rings is 1. The van der Waals surface area contributed by atoms with E-state index in [4.69, 9.17) is 18.3 Å². The van der Waals surface area contributed by atoms with Gasteiger partial charge in [0.15, 0.2) is 21.8 Å². The summed E-state index contributed by atoms with van der Waals surface area (Å²) in [6.45, 7) is 25.1. The normalized spacial score (nSPS) is 20.6. The summed E-state index contributed by atoms with van der Waals surface area (Å²) in [6, 6.07) is 9.77. The Balaban J connectivity index is 1.23. The van der Waals surface area contributed by atoms with Crippen molar-refractivity contribution in [3.05, 3.63) is 79.9 Å². The second kappa shape index (κ2) is 24.5. The Kier molecular flexibility index (Phi) is 19.7. The zero-order chi connectivity index (χ0) is 55.1. The van der Waals surface area contributed by atoms with Crippen LogP contribution < -0.4 is 10.6 Å². The average molecular weight is 1090 g/mol. The van der Waals surface area contributed by atoms with Crippen LogP contribution in [0.15, 0.2) is 48.5 Å². The number of hydrogen-bond acceptors (Lipinski definition) is 15. The summed E-state index contributed by atoms with van der Waals surface area (Å²) in [5.41, 5.74) is 0.878. The lowest BCUT2D eigenvalue weighted by Crippen LogP contribution is -2.66. The number of benzene rings is 2. The fourth-order valence-electron chi connectivity index (χ4n) is 8.47. The van der Waals surface area contributed by atoms with E-state index >= 15 is 0 Å². The molecule has 5 amide bonds. The van der Waals surface area contributed by atoms with Gasteiger partial charge in [-0.25, -0.2) is 9.59 Å². The van der Waals surface area contributed by atoms with E-state index < -0.39 is 80.0 Å². The maximum absolute atomic E-state index is 14.5. The highest BCUT2D eigenvalue weighted by molar-refractivity contribution is 8.14. The van der Waals surface area contributed by atoms with Crippen LogP contribution in [0, 0.1) is 32.1 Å². The minimum Gasteiger partial charge on any atom is -0.445 e. The molecule has 3 aliphatic rings. The molecule has 2 aromatic carbocycles. The molecule has 0 saturated carbocycles. The van der Waals surface area contributed by atoms with Crippen molar-refractivity contribution < 1.29 is 56.9 Å². The Hall–Kier alpha value is -5.44. The van der Waals surface area contributed by atoms with Crippen molar-refractivity contribution in [3.63, 3.8) is 0 Å².